The molecule has 0 aromatic heterocycles. The smallest absolute Gasteiger partial charge is 0.310 e. The van der Waals surface area contributed by atoms with E-state index in [0.717, 1.165) is 0 Å². The van der Waals surface area contributed by atoms with E-state index in [1.807, 2.05) is 6.07 Å². The minimum Gasteiger partial charge on any atom is -0.469 e. The standard InChI is InChI=1S/C10H7BrClNO2/c1-15-10(14)4-8-6(5-13)2-7(11)3-9(8)12/h2-3H,4H2,1H3. The summed E-state index contributed by atoms with van der Waals surface area (Å²) in [4.78, 5) is 11.1. The first-order valence-electron chi connectivity index (χ1n) is 4.03. The van der Waals surface area contributed by atoms with Crippen molar-refractivity contribution in [1.82, 2.24) is 0 Å². The number of ether oxygens (including phenoxy) is 1. The normalized spacial score (nSPS) is 9.47. The molecular formula is C10H7BrClNO2. The largest absolute Gasteiger partial charge is 0.469 e. The van der Waals surface area contributed by atoms with E-state index in [4.69, 9.17) is 16.9 Å². The molecule has 0 fully saturated rings. The molecule has 0 aliphatic heterocycles. The maximum atomic E-state index is 11.1. The molecule has 0 saturated carbocycles. The zero-order chi connectivity index (χ0) is 11.4. The number of hydrogen-bond donors (Lipinski definition) is 0. The summed E-state index contributed by atoms with van der Waals surface area (Å²) in [6.45, 7) is 0. The lowest BCUT2D eigenvalue weighted by molar-refractivity contribution is -0.139. The minimum atomic E-state index is -0.421. The van der Waals surface area contributed by atoms with Gasteiger partial charge in [0.2, 0.25) is 0 Å². The molecule has 1 aromatic carbocycles. The molecule has 0 heterocycles. The Hall–Kier alpha value is -1.05. The molecule has 15 heavy (non-hydrogen) atoms. The van der Waals surface area contributed by atoms with Crippen LogP contribution in [0.15, 0.2) is 16.6 Å². The van der Waals surface area contributed by atoms with Gasteiger partial charge in [-0.1, -0.05) is 27.5 Å². The molecule has 0 spiro atoms. The molecule has 0 atom stereocenters. The van der Waals surface area contributed by atoms with Crippen molar-refractivity contribution in [2.24, 2.45) is 0 Å². The molecule has 0 aliphatic rings. The average Bonchev–Trinajstić information content (AvgIpc) is 2.21. The van der Waals surface area contributed by atoms with Crippen LogP contribution in [0.4, 0.5) is 0 Å². The Morgan fingerprint density at radius 1 is 1.67 bits per heavy atom. The van der Waals surface area contributed by atoms with E-state index < -0.39 is 5.97 Å². The van der Waals surface area contributed by atoms with Gasteiger partial charge in [0.25, 0.3) is 0 Å². The average molecular weight is 289 g/mol. The number of esters is 1. The Morgan fingerprint density at radius 3 is 2.87 bits per heavy atom. The SMILES string of the molecule is COC(=O)Cc1c(Cl)cc(Br)cc1C#N. The van der Waals surface area contributed by atoms with Crippen molar-refractivity contribution in [1.29, 1.82) is 5.26 Å². The van der Waals surface area contributed by atoms with Crippen molar-refractivity contribution in [3.05, 3.63) is 32.8 Å². The van der Waals surface area contributed by atoms with Crippen molar-refractivity contribution in [3.8, 4) is 6.07 Å². The molecule has 1 aromatic rings. The quantitative estimate of drug-likeness (QED) is 0.786. The van der Waals surface area contributed by atoms with E-state index in [0.29, 0.717) is 20.6 Å². The van der Waals surface area contributed by atoms with Crippen LogP contribution in [0.5, 0.6) is 0 Å². The monoisotopic (exact) mass is 287 g/mol. The zero-order valence-corrected chi connectivity index (χ0v) is 10.2. The number of carbonyl (C=O) groups is 1. The van der Waals surface area contributed by atoms with E-state index in [9.17, 15) is 4.79 Å². The van der Waals surface area contributed by atoms with Gasteiger partial charge in [0, 0.05) is 9.50 Å². The van der Waals surface area contributed by atoms with Gasteiger partial charge in [0.05, 0.1) is 25.2 Å². The number of nitrogens with zero attached hydrogens (tertiary/aromatic N) is 1. The lowest BCUT2D eigenvalue weighted by Gasteiger charge is -2.06. The summed E-state index contributed by atoms with van der Waals surface area (Å²) >= 11 is 9.15. The summed E-state index contributed by atoms with van der Waals surface area (Å²) in [6.07, 6.45) is 0.00546. The summed E-state index contributed by atoms with van der Waals surface area (Å²) in [6, 6.07) is 5.24. The van der Waals surface area contributed by atoms with Crippen molar-refractivity contribution >= 4 is 33.5 Å². The van der Waals surface area contributed by atoms with Crippen LogP contribution >= 0.6 is 27.5 Å². The molecule has 3 nitrogen and oxygen atoms in total. The number of methoxy groups -OCH3 is 1. The molecule has 0 saturated heterocycles. The van der Waals surface area contributed by atoms with Crippen LogP contribution in [0.3, 0.4) is 0 Å². The highest BCUT2D eigenvalue weighted by molar-refractivity contribution is 9.10. The van der Waals surface area contributed by atoms with Gasteiger partial charge >= 0.3 is 5.97 Å². The van der Waals surface area contributed by atoms with E-state index in [2.05, 4.69) is 20.7 Å². The topological polar surface area (TPSA) is 50.1 Å². The molecule has 1 rings (SSSR count). The van der Waals surface area contributed by atoms with Crippen LogP contribution in [0, 0.1) is 11.3 Å². The van der Waals surface area contributed by atoms with Gasteiger partial charge in [-0.05, 0) is 17.7 Å². The van der Waals surface area contributed by atoms with E-state index in [1.54, 1.807) is 12.1 Å². The molecule has 5 heteroatoms. The Bertz CT molecular complexity index is 440. The fraction of sp³-hybridized carbons (Fsp3) is 0.200. The van der Waals surface area contributed by atoms with Gasteiger partial charge in [-0.3, -0.25) is 4.79 Å². The number of benzene rings is 1. The van der Waals surface area contributed by atoms with Gasteiger partial charge in [0.1, 0.15) is 0 Å². The van der Waals surface area contributed by atoms with E-state index in [1.165, 1.54) is 7.11 Å². The summed E-state index contributed by atoms with van der Waals surface area (Å²) in [5, 5.41) is 9.25. The Morgan fingerprint density at radius 2 is 2.33 bits per heavy atom. The molecular weight excluding hydrogens is 281 g/mol. The number of carbonyl (C=O) groups excluding carboxylic acids is 1. The summed E-state index contributed by atoms with van der Waals surface area (Å²) in [5.74, 6) is -0.421. The molecule has 0 radical (unpaired) electrons. The first-order valence-corrected chi connectivity index (χ1v) is 5.20. The van der Waals surface area contributed by atoms with E-state index >= 15 is 0 Å². The minimum absolute atomic E-state index is 0.00546. The Labute approximate surface area is 101 Å². The van der Waals surface area contributed by atoms with Crippen molar-refractivity contribution in [2.45, 2.75) is 6.42 Å². The first-order chi connectivity index (χ1) is 7.08. The highest BCUT2D eigenvalue weighted by atomic mass is 79.9. The molecule has 0 N–H and O–H groups in total. The fourth-order valence-corrected chi connectivity index (χ4v) is 1.98. The van der Waals surface area contributed by atoms with Crippen LogP contribution in [-0.2, 0) is 16.0 Å². The number of hydrogen-bond acceptors (Lipinski definition) is 3. The summed E-state index contributed by atoms with van der Waals surface area (Å²) < 4.78 is 5.23. The molecule has 0 bridgehead atoms. The van der Waals surface area contributed by atoms with Crippen molar-refractivity contribution in [2.75, 3.05) is 7.11 Å². The number of halogens is 2. The third-order valence-electron chi connectivity index (χ3n) is 1.83. The Kier molecular flexibility index (Phi) is 4.13. The van der Waals surface area contributed by atoms with Crippen LogP contribution in [0.25, 0.3) is 0 Å². The molecule has 0 amide bonds. The number of nitriles is 1. The predicted octanol–water partition coefficient (Wildman–Crippen LogP) is 2.69. The summed E-state index contributed by atoms with van der Waals surface area (Å²) in [7, 11) is 1.29. The van der Waals surface area contributed by atoms with Crippen molar-refractivity contribution < 1.29 is 9.53 Å². The highest BCUT2D eigenvalue weighted by Gasteiger charge is 2.13. The zero-order valence-electron chi connectivity index (χ0n) is 7.88. The third kappa shape index (κ3) is 2.95. The molecule has 0 aliphatic carbocycles. The van der Waals surface area contributed by atoms with Gasteiger partial charge in [0.15, 0.2) is 0 Å². The van der Waals surface area contributed by atoms with Gasteiger partial charge in [-0.2, -0.15) is 5.26 Å². The summed E-state index contributed by atoms with van der Waals surface area (Å²) in [5.41, 5.74) is 0.869. The fourth-order valence-electron chi connectivity index (χ4n) is 1.10. The predicted molar refractivity (Wildman–Crippen MR) is 59.6 cm³/mol. The molecule has 78 valence electrons. The van der Waals surface area contributed by atoms with Gasteiger partial charge in [-0.15, -0.1) is 0 Å². The second-order valence-corrected chi connectivity index (χ2v) is 4.10. The lowest BCUT2D eigenvalue weighted by Crippen LogP contribution is -2.06. The van der Waals surface area contributed by atoms with Crippen LogP contribution < -0.4 is 0 Å². The maximum Gasteiger partial charge on any atom is 0.310 e. The van der Waals surface area contributed by atoms with Crippen LogP contribution in [-0.4, -0.2) is 13.1 Å². The second kappa shape index (κ2) is 5.15. The number of rotatable bonds is 2. The Balaban J connectivity index is 3.17. The maximum absolute atomic E-state index is 11.1. The van der Waals surface area contributed by atoms with Crippen LogP contribution in [0.1, 0.15) is 11.1 Å². The van der Waals surface area contributed by atoms with Gasteiger partial charge < -0.3 is 4.74 Å². The van der Waals surface area contributed by atoms with E-state index in [-0.39, 0.29) is 6.42 Å². The van der Waals surface area contributed by atoms with Crippen LogP contribution in [0.2, 0.25) is 5.02 Å². The lowest BCUT2D eigenvalue weighted by atomic mass is 10.1. The molecule has 0 unspecified atom stereocenters. The third-order valence-corrected chi connectivity index (χ3v) is 2.62. The second-order valence-electron chi connectivity index (χ2n) is 2.78. The van der Waals surface area contributed by atoms with Crippen molar-refractivity contribution in [3.63, 3.8) is 0 Å². The highest BCUT2D eigenvalue weighted by Crippen LogP contribution is 2.25. The van der Waals surface area contributed by atoms with Gasteiger partial charge in [-0.25, -0.2) is 0 Å². The first kappa shape index (κ1) is 12.0.